The second kappa shape index (κ2) is 8.56. The molecule has 2 aromatic carbocycles. The van der Waals surface area contributed by atoms with E-state index in [1.54, 1.807) is 14.2 Å². The van der Waals surface area contributed by atoms with Crippen molar-refractivity contribution in [3.05, 3.63) is 80.0 Å². The quantitative estimate of drug-likeness (QED) is 0.338. The van der Waals surface area contributed by atoms with Crippen LogP contribution in [0.4, 0.5) is 0 Å². The minimum Gasteiger partial charge on any atom is -0.497 e. The zero-order valence-electron chi connectivity index (χ0n) is 17.1. The molecule has 0 saturated heterocycles. The third kappa shape index (κ3) is 4.08. The first-order chi connectivity index (χ1) is 14.9. The molecule has 0 radical (unpaired) electrons. The minimum absolute atomic E-state index is 0.299. The topological polar surface area (TPSA) is 79.0 Å². The van der Waals surface area contributed by atoms with Crippen molar-refractivity contribution >= 4 is 34.4 Å². The second-order valence-corrected chi connectivity index (χ2v) is 8.30. The van der Waals surface area contributed by atoms with E-state index in [9.17, 15) is 9.59 Å². The Labute approximate surface area is 187 Å². The van der Waals surface area contributed by atoms with E-state index in [1.807, 2.05) is 48.5 Å². The lowest BCUT2D eigenvalue weighted by molar-refractivity contribution is 0.415. The van der Waals surface area contributed by atoms with Gasteiger partial charge in [0.25, 0.3) is 5.56 Å². The number of hydrogen-bond acceptors (Lipinski definition) is 6. The SMILES string of the molecule is COc1ccc(-c2nc(SCc3ccc(Cl)cc3)c3c(=O)n(C)c(=O)n(C)c3n2)cc1. The fraction of sp³-hybridized carbons (Fsp3) is 0.182. The van der Waals surface area contributed by atoms with Crippen molar-refractivity contribution in [3.63, 3.8) is 0 Å². The Morgan fingerprint density at radius 1 is 0.968 bits per heavy atom. The van der Waals surface area contributed by atoms with Crippen LogP contribution in [0.5, 0.6) is 5.75 Å². The van der Waals surface area contributed by atoms with Crippen LogP contribution in [0.15, 0.2) is 63.1 Å². The third-order valence-electron chi connectivity index (χ3n) is 4.90. The number of hydrogen-bond donors (Lipinski definition) is 0. The first-order valence-electron chi connectivity index (χ1n) is 9.38. The highest BCUT2D eigenvalue weighted by molar-refractivity contribution is 7.98. The van der Waals surface area contributed by atoms with Crippen LogP contribution in [-0.2, 0) is 19.8 Å². The van der Waals surface area contributed by atoms with E-state index in [1.165, 1.54) is 23.4 Å². The summed E-state index contributed by atoms with van der Waals surface area (Å²) in [5, 5.41) is 1.50. The van der Waals surface area contributed by atoms with Gasteiger partial charge >= 0.3 is 5.69 Å². The largest absolute Gasteiger partial charge is 0.497 e. The number of thioether (sulfide) groups is 1. The number of halogens is 1. The number of aryl methyl sites for hydroxylation is 1. The molecule has 0 amide bonds. The first kappa shape index (κ1) is 21.1. The lowest BCUT2D eigenvalue weighted by Gasteiger charge is -2.12. The second-order valence-electron chi connectivity index (χ2n) is 6.90. The number of fused-ring (bicyclic) bond motifs is 1. The van der Waals surface area contributed by atoms with Gasteiger partial charge in [-0.15, -0.1) is 11.8 Å². The van der Waals surface area contributed by atoms with E-state index in [2.05, 4.69) is 9.97 Å². The number of benzene rings is 2. The molecule has 0 atom stereocenters. The lowest BCUT2D eigenvalue weighted by Crippen LogP contribution is -2.37. The average molecular weight is 455 g/mol. The molecule has 2 aromatic heterocycles. The highest BCUT2D eigenvalue weighted by Gasteiger charge is 2.18. The van der Waals surface area contributed by atoms with Crippen molar-refractivity contribution in [3.8, 4) is 17.1 Å². The van der Waals surface area contributed by atoms with Crippen LogP contribution < -0.4 is 16.0 Å². The van der Waals surface area contributed by atoms with Gasteiger partial charge in [0, 0.05) is 30.4 Å². The molecule has 0 N–H and O–H groups in total. The molecule has 31 heavy (non-hydrogen) atoms. The predicted octanol–water partition coefficient (Wildman–Crippen LogP) is 3.65. The predicted molar refractivity (Wildman–Crippen MR) is 123 cm³/mol. The molecule has 0 aliphatic heterocycles. The number of ether oxygens (including phenoxy) is 1. The van der Waals surface area contributed by atoms with Crippen molar-refractivity contribution in [2.24, 2.45) is 14.1 Å². The van der Waals surface area contributed by atoms with Gasteiger partial charge in [-0.1, -0.05) is 23.7 Å². The van der Waals surface area contributed by atoms with E-state index in [-0.39, 0.29) is 0 Å². The van der Waals surface area contributed by atoms with E-state index in [0.717, 1.165) is 15.7 Å². The molecule has 4 rings (SSSR count). The molecular formula is C22H19ClN4O3S. The summed E-state index contributed by atoms with van der Waals surface area (Å²) < 4.78 is 7.66. The highest BCUT2D eigenvalue weighted by Crippen LogP contribution is 2.29. The fourth-order valence-electron chi connectivity index (χ4n) is 3.13. The van der Waals surface area contributed by atoms with Crippen molar-refractivity contribution in [2.45, 2.75) is 10.8 Å². The third-order valence-corrected chi connectivity index (χ3v) is 6.20. The molecule has 0 bridgehead atoms. The normalized spacial score (nSPS) is 11.1. The summed E-state index contributed by atoms with van der Waals surface area (Å²) in [5.41, 5.74) is 1.23. The smallest absolute Gasteiger partial charge is 0.332 e. The van der Waals surface area contributed by atoms with Gasteiger partial charge in [0.1, 0.15) is 16.2 Å². The van der Waals surface area contributed by atoms with Gasteiger partial charge in [0.05, 0.1) is 7.11 Å². The van der Waals surface area contributed by atoms with Crippen LogP contribution in [0, 0.1) is 0 Å². The molecular weight excluding hydrogens is 436 g/mol. The summed E-state index contributed by atoms with van der Waals surface area (Å²) in [5.74, 6) is 1.72. The summed E-state index contributed by atoms with van der Waals surface area (Å²) in [7, 11) is 4.65. The van der Waals surface area contributed by atoms with E-state index in [4.69, 9.17) is 16.3 Å². The summed E-state index contributed by atoms with van der Waals surface area (Å²) in [6.07, 6.45) is 0. The maximum Gasteiger partial charge on any atom is 0.332 e. The van der Waals surface area contributed by atoms with Crippen LogP contribution in [0.3, 0.4) is 0 Å². The Hall–Kier alpha value is -3.10. The number of methoxy groups -OCH3 is 1. The molecule has 0 spiro atoms. The van der Waals surface area contributed by atoms with Gasteiger partial charge in [-0.3, -0.25) is 13.9 Å². The Morgan fingerprint density at radius 2 is 1.65 bits per heavy atom. The van der Waals surface area contributed by atoms with Gasteiger partial charge in [0.15, 0.2) is 11.5 Å². The first-order valence-corrected chi connectivity index (χ1v) is 10.7. The zero-order valence-corrected chi connectivity index (χ0v) is 18.7. The molecule has 0 fully saturated rings. The number of aromatic nitrogens is 4. The van der Waals surface area contributed by atoms with Gasteiger partial charge in [-0.05, 0) is 42.0 Å². The Bertz CT molecular complexity index is 1380. The van der Waals surface area contributed by atoms with Crippen molar-refractivity contribution in [1.29, 1.82) is 0 Å². The molecule has 2 heterocycles. The van der Waals surface area contributed by atoms with E-state index < -0.39 is 11.2 Å². The van der Waals surface area contributed by atoms with Crippen LogP contribution in [-0.4, -0.2) is 26.2 Å². The lowest BCUT2D eigenvalue weighted by atomic mass is 10.2. The molecule has 0 aliphatic rings. The Balaban J connectivity index is 1.89. The van der Waals surface area contributed by atoms with Crippen LogP contribution in [0.1, 0.15) is 5.56 Å². The number of nitrogens with zero attached hydrogens (tertiary/aromatic N) is 4. The molecule has 0 unspecified atom stereocenters. The van der Waals surface area contributed by atoms with Crippen molar-refractivity contribution in [1.82, 2.24) is 19.1 Å². The standard InChI is InChI=1S/C22H19ClN4O3S/c1-26-19-17(21(28)27(2)22(26)29)20(31-12-13-4-8-15(23)9-5-13)25-18(24-19)14-6-10-16(30-3)11-7-14/h4-11H,12H2,1-3H3. The van der Waals surface area contributed by atoms with Crippen molar-refractivity contribution < 1.29 is 4.74 Å². The molecule has 0 aliphatic carbocycles. The summed E-state index contributed by atoms with van der Waals surface area (Å²) in [6.45, 7) is 0. The molecule has 9 heteroatoms. The number of rotatable bonds is 5. The molecule has 4 aromatic rings. The highest BCUT2D eigenvalue weighted by atomic mass is 35.5. The fourth-order valence-corrected chi connectivity index (χ4v) is 4.23. The summed E-state index contributed by atoms with van der Waals surface area (Å²) in [4.78, 5) is 34.7. The van der Waals surface area contributed by atoms with E-state index >= 15 is 0 Å². The van der Waals surface area contributed by atoms with Crippen LogP contribution in [0.25, 0.3) is 22.4 Å². The van der Waals surface area contributed by atoms with Gasteiger partial charge in [0.2, 0.25) is 0 Å². The molecule has 158 valence electrons. The van der Waals surface area contributed by atoms with Gasteiger partial charge in [-0.25, -0.2) is 14.8 Å². The van der Waals surface area contributed by atoms with Gasteiger partial charge in [-0.2, -0.15) is 0 Å². The Morgan fingerprint density at radius 3 is 2.29 bits per heavy atom. The minimum atomic E-state index is -0.439. The summed E-state index contributed by atoms with van der Waals surface area (Å²) in [6, 6.07) is 14.8. The van der Waals surface area contributed by atoms with Gasteiger partial charge < -0.3 is 4.74 Å². The Kier molecular flexibility index (Phi) is 5.84. The molecule has 0 saturated carbocycles. The van der Waals surface area contributed by atoms with E-state index in [0.29, 0.717) is 38.4 Å². The van der Waals surface area contributed by atoms with Crippen LogP contribution in [0.2, 0.25) is 5.02 Å². The summed E-state index contributed by atoms with van der Waals surface area (Å²) >= 11 is 7.39. The van der Waals surface area contributed by atoms with Crippen molar-refractivity contribution in [2.75, 3.05) is 7.11 Å². The average Bonchev–Trinajstić information content (AvgIpc) is 2.80. The maximum atomic E-state index is 12.9. The maximum absolute atomic E-state index is 12.9. The monoisotopic (exact) mass is 454 g/mol. The van der Waals surface area contributed by atoms with Crippen LogP contribution >= 0.6 is 23.4 Å². The molecule has 7 nitrogen and oxygen atoms in total. The zero-order chi connectivity index (χ0) is 22.1.